The second-order valence-electron chi connectivity index (χ2n) is 7.25. The molecule has 1 saturated carbocycles. The lowest BCUT2D eigenvalue weighted by Crippen LogP contribution is -2.46. The van der Waals surface area contributed by atoms with Crippen molar-refractivity contribution in [1.29, 1.82) is 0 Å². The maximum absolute atomic E-state index is 4.59. The minimum Gasteiger partial charge on any atom is -0.356 e. The molecule has 0 radical (unpaired) electrons. The summed E-state index contributed by atoms with van der Waals surface area (Å²) in [5.74, 6) is 1.63. The van der Waals surface area contributed by atoms with Crippen LogP contribution in [0, 0.1) is 11.3 Å². The first-order valence-electron chi connectivity index (χ1n) is 8.50. The van der Waals surface area contributed by atoms with Gasteiger partial charge >= 0.3 is 0 Å². The van der Waals surface area contributed by atoms with E-state index in [-0.39, 0.29) is 24.0 Å². The molecular weight excluding hydrogens is 433 g/mol. The summed E-state index contributed by atoms with van der Waals surface area (Å²) < 4.78 is 0. The molecule has 1 aliphatic rings. The first kappa shape index (κ1) is 21.5. The Bertz CT molecular complexity index is 523. The van der Waals surface area contributed by atoms with Crippen LogP contribution in [0.3, 0.4) is 0 Å². The SMILES string of the molecule is CN=C(NCc1csc(N(C)C)n1)NCC1(CC(C)C)CCC1.I. The fourth-order valence-electron chi connectivity index (χ4n) is 3.24. The number of hydrogen-bond donors (Lipinski definition) is 2. The van der Waals surface area contributed by atoms with Gasteiger partial charge in [-0.25, -0.2) is 4.98 Å². The molecule has 7 heteroatoms. The lowest BCUT2D eigenvalue weighted by Gasteiger charge is -2.43. The van der Waals surface area contributed by atoms with Crippen molar-refractivity contribution in [3.8, 4) is 0 Å². The van der Waals surface area contributed by atoms with E-state index in [2.05, 4.69) is 39.8 Å². The van der Waals surface area contributed by atoms with Crippen molar-refractivity contribution in [3.05, 3.63) is 11.1 Å². The molecule has 0 spiro atoms. The van der Waals surface area contributed by atoms with Gasteiger partial charge in [0.1, 0.15) is 0 Å². The lowest BCUT2D eigenvalue weighted by atomic mass is 9.64. The maximum Gasteiger partial charge on any atom is 0.191 e. The van der Waals surface area contributed by atoms with Crippen molar-refractivity contribution in [2.45, 2.75) is 46.1 Å². The van der Waals surface area contributed by atoms with Crippen LogP contribution in [0.25, 0.3) is 0 Å². The van der Waals surface area contributed by atoms with Gasteiger partial charge in [0.15, 0.2) is 11.1 Å². The molecule has 0 unspecified atom stereocenters. The highest BCUT2D eigenvalue weighted by Crippen LogP contribution is 2.45. The topological polar surface area (TPSA) is 52.6 Å². The number of halogens is 1. The molecule has 1 heterocycles. The number of rotatable bonds is 7. The maximum atomic E-state index is 4.59. The summed E-state index contributed by atoms with van der Waals surface area (Å²) in [6, 6.07) is 0. The molecule has 2 rings (SSSR count). The van der Waals surface area contributed by atoms with Crippen LogP contribution in [0.15, 0.2) is 10.4 Å². The summed E-state index contributed by atoms with van der Waals surface area (Å²) in [5, 5.41) is 10.0. The number of anilines is 1. The molecule has 0 aromatic carbocycles. The second kappa shape index (κ2) is 9.79. The first-order chi connectivity index (χ1) is 10.9. The van der Waals surface area contributed by atoms with Gasteiger partial charge in [-0.2, -0.15) is 0 Å². The molecule has 0 bridgehead atoms. The quantitative estimate of drug-likeness (QED) is 0.366. The van der Waals surface area contributed by atoms with E-state index in [1.54, 1.807) is 11.3 Å². The van der Waals surface area contributed by atoms with Crippen molar-refractivity contribution in [2.24, 2.45) is 16.3 Å². The highest BCUT2D eigenvalue weighted by molar-refractivity contribution is 14.0. The van der Waals surface area contributed by atoms with Gasteiger partial charge in [-0.15, -0.1) is 35.3 Å². The van der Waals surface area contributed by atoms with Gasteiger partial charge in [-0.3, -0.25) is 4.99 Å². The molecule has 5 nitrogen and oxygen atoms in total. The molecule has 2 N–H and O–H groups in total. The van der Waals surface area contributed by atoms with Gasteiger partial charge in [0.2, 0.25) is 0 Å². The monoisotopic (exact) mass is 465 g/mol. The largest absolute Gasteiger partial charge is 0.356 e. The van der Waals surface area contributed by atoms with Gasteiger partial charge in [0, 0.05) is 33.1 Å². The number of aromatic nitrogens is 1. The highest BCUT2D eigenvalue weighted by Gasteiger charge is 2.37. The predicted octanol–water partition coefficient (Wildman–Crippen LogP) is 3.71. The summed E-state index contributed by atoms with van der Waals surface area (Å²) >= 11 is 1.67. The molecule has 1 fully saturated rings. The number of hydrogen-bond acceptors (Lipinski definition) is 4. The third kappa shape index (κ3) is 6.06. The molecule has 0 aliphatic heterocycles. The molecule has 1 aromatic heterocycles. The van der Waals surface area contributed by atoms with Crippen LogP contribution in [0.4, 0.5) is 5.13 Å². The second-order valence-corrected chi connectivity index (χ2v) is 8.08. The van der Waals surface area contributed by atoms with E-state index in [1.807, 2.05) is 26.0 Å². The van der Waals surface area contributed by atoms with E-state index in [9.17, 15) is 0 Å². The standard InChI is InChI=1S/C17H31N5S.HI/c1-13(2)9-17(7-6-8-17)12-20-15(18-3)19-10-14-11-23-16(21-14)22(4)5;/h11,13H,6-10,12H2,1-5H3,(H2,18,19,20);1H. The number of nitrogens with zero attached hydrogens (tertiary/aromatic N) is 3. The average molecular weight is 465 g/mol. The zero-order valence-corrected chi connectivity index (χ0v) is 18.7. The Morgan fingerprint density at radius 3 is 2.54 bits per heavy atom. The first-order valence-corrected chi connectivity index (χ1v) is 9.38. The molecule has 1 aliphatic carbocycles. The molecule has 138 valence electrons. The number of aliphatic imine (C=N–C) groups is 1. The third-order valence-electron chi connectivity index (χ3n) is 4.47. The van der Waals surface area contributed by atoms with E-state index in [0.29, 0.717) is 12.0 Å². The van der Waals surface area contributed by atoms with Crippen molar-refractivity contribution in [2.75, 3.05) is 32.6 Å². The molecule has 0 saturated heterocycles. The van der Waals surface area contributed by atoms with Crippen LogP contribution in [0.5, 0.6) is 0 Å². The summed E-state index contributed by atoms with van der Waals surface area (Å²) in [4.78, 5) is 11.0. The fourth-order valence-corrected chi connectivity index (χ4v) is 4.00. The van der Waals surface area contributed by atoms with Crippen LogP contribution >= 0.6 is 35.3 Å². The molecule has 1 aromatic rings. The molecule has 0 atom stereocenters. The molecular formula is C17H32IN5S. The highest BCUT2D eigenvalue weighted by atomic mass is 127. The van der Waals surface area contributed by atoms with E-state index >= 15 is 0 Å². The van der Waals surface area contributed by atoms with Gasteiger partial charge in [-0.1, -0.05) is 20.3 Å². The van der Waals surface area contributed by atoms with Crippen molar-refractivity contribution in [1.82, 2.24) is 15.6 Å². The number of guanidine groups is 1. The van der Waals surface area contributed by atoms with Crippen LogP contribution < -0.4 is 15.5 Å². The summed E-state index contributed by atoms with van der Waals surface area (Å²) in [6.45, 7) is 6.36. The summed E-state index contributed by atoms with van der Waals surface area (Å²) in [5.41, 5.74) is 1.53. The van der Waals surface area contributed by atoms with Gasteiger partial charge in [0.05, 0.1) is 12.2 Å². The van der Waals surface area contributed by atoms with E-state index in [4.69, 9.17) is 0 Å². The number of thiazole rings is 1. The van der Waals surface area contributed by atoms with Gasteiger partial charge in [0.25, 0.3) is 0 Å². The number of nitrogens with one attached hydrogen (secondary N) is 2. The predicted molar refractivity (Wildman–Crippen MR) is 116 cm³/mol. The van der Waals surface area contributed by atoms with Crippen molar-refractivity contribution in [3.63, 3.8) is 0 Å². The van der Waals surface area contributed by atoms with Crippen LogP contribution in [-0.2, 0) is 6.54 Å². The van der Waals surface area contributed by atoms with E-state index in [0.717, 1.165) is 29.2 Å². The van der Waals surface area contributed by atoms with Crippen molar-refractivity contribution >= 4 is 46.4 Å². The Kier molecular flexibility index (Phi) is 8.76. The Morgan fingerprint density at radius 2 is 2.08 bits per heavy atom. The summed E-state index contributed by atoms with van der Waals surface area (Å²) in [7, 11) is 5.87. The zero-order chi connectivity index (χ0) is 16.9. The van der Waals surface area contributed by atoms with E-state index < -0.39 is 0 Å². The smallest absolute Gasteiger partial charge is 0.191 e. The zero-order valence-electron chi connectivity index (χ0n) is 15.6. The van der Waals surface area contributed by atoms with Crippen molar-refractivity contribution < 1.29 is 0 Å². The minimum absolute atomic E-state index is 0. The van der Waals surface area contributed by atoms with Crippen LogP contribution in [-0.4, -0.2) is 38.6 Å². The molecule has 24 heavy (non-hydrogen) atoms. The van der Waals surface area contributed by atoms with Crippen LogP contribution in [0.2, 0.25) is 0 Å². The Morgan fingerprint density at radius 1 is 1.38 bits per heavy atom. The Hall–Kier alpha value is -0.570. The Labute approximate surface area is 167 Å². The third-order valence-corrected chi connectivity index (χ3v) is 5.53. The minimum atomic E-state index is 0. The molecule has 0 amide bonds. The fraction of sp³-hybridized carbons (Fsp3) is 0.765. The van der Waals surface area contributed by atoms with E-state index in [1.165, 1.54) is 25.7 Å². The normalized spacial score (nSPS) is 16.3. The summed E-state index contributed by atoms with van der Waals surface area (Å²) in [6.07, 6.45) is 5.35. The Balaban J connectivity index is 0.00000288. The van der Waals surface area contributed by atoms with Gasteiger partial charge in [-0.05, 0) is 30.6 Å². The van der Waals surface area contributed by atoms with Crippen LogP contribution in [0.1, 0.15) is 45.2 Å². The average Bonchev–Trinajstić information content (AvgIpc) is 2.93. The van der Waals surface area contributed by atoms with Gasteiger partial charge < -0.3 is 15.5 Å². The lowest BCUT2D eigenvalue weighted by molar-refractivity contribution is 0.104.